The highest BCUT2D eigenvalue weighted by molar-refractivity contribution is 6.04. The molecule has 0 bridgehead atoms. The summed E-state index contributed by atoms with van der Waals surface area (Å²) in [7, 11) is 0. The van der Waals surface area contributed by atoms with Gasteiger partial charge in [-0.25, -0.2) is 0 Å². The van der Waals surface area contributed by atoms with Gasteiger partial charge >= 0.3 is 0 Å². The fourth-order valence-corrected chi connectivity index (χ4v) is 3.08. The second kappa shape index (κ2) is 9.26. The minimum Gasteiger partial charge on any atom is -0.494 e. The quantitative estimate of drug-likeness (QED) is 0.417. The predicted octanol–water partition coefficient (Wildman–Crippen LogP) is 5.75. The molecule has 156 valence electrons. The van der Waals surface area contributed by atoms with Crippen molar-refractivity contribution in [1.82, 2.24) is 10.2 Å². The van der Waals surface area contributed by atoms with Crippen LogP contribution in [0.2, 0.25) is 0 Å². The second-order valence-electron chi connectivity index (χ2n) is 7.19. The maximum absolute atomic E-state index is 12.6. The average molecular weight is 413 g/mol. The minimum atomic E-state index is -0.200. The van der Waals surface area contributed by atoms with E-state index in [-0.39, 0.29) is 5.91 Å². The van der Waals surface area contributed by atoms with Crippen LogP contribution in [0.5, 0.6) is 5.75 Å². The van der Waals surface area contributed by atoms with Gasteiger partial charge in [-0.05, 0) is 67.9 Å². The van der Waals surface area contributed by atoms with Crippen LogP contribution in [0.4, 0.5) is 5.69 Å². The van der Waals surface area contributed by atoms with E-state index in [4.69, 9.17) is 9.15 Å². The molecule has 6 heteroatoms. The Labute approximate surface area is 180 Å². The summed E-state index contributed by atoms with van der Waals surface area (Å²) in [4.78, 5) is 12.6. The number of amides is 1. The van der Waals surface area contributed by atoms with Gasteiger partial charge in [-0.3, -0.25) is 4.79 Å². The minimum absolute atomic E-state index is 0.200. The maximum Gasteiger partial charge on any atom is 0.255 e. The Morgan fingerprint density at radius 1 is 0.935 bits per heavy atom. The Morgan fingerprint density at radius 2 is 1.68 bits per heavy atom. The molecular formula is C25H23N3O3. The van der Waals surface area contributed by atoms with E-state index in [0.717, 1.165) is 23.1 Å². The van der Waals surface area contributed by atoms with E-state index in [9.17, 15) is 4.79 Å². The van der Waals surface area contributed by atoms with Crippen molar-refractivity contribution in [2.24, 2.45) is 0 Å². The molecule has 4 rings (SSSR count). The smallest absolute Gasteiger partial charge is 0.255 e. The molecule has 0 aliphatic rings. The Hall–Kier alpha value is -3.93. The van der Waals surface area contributed by atoms with Crippen LogP contribution >= 0.6 is 0 Å². The molecule has 0 fully saturated rings. The summed E-state index contributed by atoms with van der Waals surface area (Å²) in [5.74, 6) is 1.39. The van der Waals surface area contributed by atoms with Crippen molar-refractivity contribution in [2.75, 3.05) is 11.9 Å². The Balaban J connectivity index is 1.45. The van der Waals surface area contributed by atoms with Crippen molar-refractivity contribution in [3.63, 3.8) is 0 Å². The number of anilines is 1. The van der Waals surface area contributed by atoms with Gasteiger partial charge in [-0.2, -0.15) is 0 Å². The highest BCUT2D eigenvalue weighted by Gasteiger charge is 2.12. The van der Waals surface area contributed by atoms with E-state index in [0.29, 0.717) is 35.4 Å². The molecule has 31 heavy (non-hydrogen) atoms. The van der Waals surface area contributed by atoms with Crippen molar-refractivity contribution < 1.29 is 13.9 Å². The van der Waals surface area contributed by atoms with Crippen LogP contribution in [0.25, 0.3) is 22.9 Å². The highest BCUT2D eigenvalue weighted by Crippen LogP contribution is 2.25. The third-order valence-electron chi connectivity index (χ3n) is 4.65. The molecular weight excluding hydrogens is 390 g/mol. The zero-order valence-electron chi connectivity index (χ0n) is 17.5. The molecule has 0 saturated heterocycles. The van der Waals surface area contributed by atoms with Crippen molar-refractivity contribution in [3.05, 3.63) is 83.9 Å². The van der Waals surface area contributed by atoms with Gasteiger partial charge in [0.2, 0.25) is 11.8 Å². The number of hydrogen-bond donors (Lipinski definition) is 1. The van der Waals surface area contributed by atoms with Crippen molar-refractivity contribution in [3.8, 4) is 28.7 Å². The molecule has 4 aromatic rings. The number of aryl methyl sites for hydroxylation is 1. The lowest BCUT2D eigenvalue weighted by Crippen LogP contribution is -2.12. The van der Waals surface area contributed by atoms with Gasteiger partial charge in [0.1, 0.15) is 5.75 Å². The van der Waals surface area contributed by atoms with Gasteiger partial charge < -0.3 is 14.5 Å². The Kier molecular flexibility index (Phi) is 6.08. The number of nitrogens with one attached hydrogen (secondary N) is 1. The first-order chi connectivity index (χ1) is 15.1. The highest BCUT2D eigenvalue weighted by atomic mass is 16.5. The van der Waals surface area contributed by atoms with Crippen LogP contribution < -0.4 is 10.1 Å². The molecule has 0 aliphatic carbocycles. The first-order valence-electron chi connectivity index (χ1n) is 10.2. The normalized spacial score (nSPS) is 10.6. The molecule has 0 unspecified atom stereocenters. The summed E-state index contributed by atoms with van der Waals surface area (Å²) in [5.41, 5.74) is 4.00. The summed E-state index contributed by atoms with van der Waals surface area (Å²) in [6, 6.07) is 22.3. The number of benzene rings is 3. The first-order valence-corrected chi connectivity index (χ1v) is 10.2. The van der Waals surface area contributed by atoms with Crippen molar-refractivity contribution in [2.45, 2.75) is 20.3 Å². The average Bonchev–Trinajstić information content (AvgIpc) is 3.29. The molecule has 3 aromatic carbocycles. The molecule has 0 saturated carbocycles. The molecule has 1 amide bonds. The number of ether oxygens (including phenoxy) is 1. The lowest BCUT2D eigenvalue weighted by Gasteiger charge is -2.08. The van der Waals surface area contributed by atoms with Crippen LogP contribution in [0.3, 0.4) is 0 Å². The number of carbonyl (C=O) groups is 1. The SMILES string of the molecule is CCCOc1cccc(C(=O)Nc2ccc(-c3nnc(-c4cccc(C)c4)o3)cc2)c1. The van der Waals surface area contributed by atoms with E-state index in [1.54, 1.807) is 24.3 Å². The van der Waals surface area contributed by atoms with E-state index in [1.807, 2.05) is 62.4 Å². The van der Waals surface area contributed by atoms with Crippen LogP contribution in [0.15, 0.2) is 77.2 Å². The summed E-state index contributed by atoms with van der Waals surface area (Å²) >= 11 is 0. The Bertz CT molecular complexity index is 1180. The summed E-state index contributed by atoms with van der Waals surface area (Å²) < 4.78 is 11.4. The summed E-state index contributed by atoms with van der Waals surface area (Å²) in [6.07, 6.45) is 0.912. The van der Waals surface area contributed by atoms with Crippen LogP contribution in [-0.2, 0) is 0 Å². The molecule has 0 radical (unpaired) electrons. The topological polar surface area (TPSA) is 77.2 Å². The van der Waals surface area contributed by atoms with E-state index < -0.39 is 0 Å². The third-order valence-corrected chi connectivity index (χ3v) is 4.65. The monoisotopic (exact) mass is 413 g/mol. The van der Waals surface area contributed by atoms with Crippen LogP contribution in [-0.4, -0.2) is 22.7 Å². The fraction of sp³-hybridized carbons (Fsp3) is 0.160. The van der Waals surface area contributed by atoms with Gasteiger partial charge in [0.25, 0.3) is 5.91 Å². The van der Waals surface area contributed by atoms with Gasteiger partial charge in [-0.15, -0.1) is 10.2 Å². The maximum atomic E-state index is 12.6. The fourth-order valence-electron chi connectivity index (χ4n) is 3.08. The van der Waals surface area contributed by atoms with Gasteiger partial charge in [0.15, 0.2) is 0 Å². The number of aromatic nitrogens is 2. The number of hydrogen-bond acceptors (Lipinski definition) is 5. The molecule has 0 aliphatic heterocycles. The lowest BCUT2D eigenvalue weighted by molar-refractivity contribution is 0.102. The van der Waals surface area contributed by atoms with Crippen LogP contribution in [0, 0.1) is 6.92 Å². The lowest BCUT2D eigenvalue weighted by atomic mass is 10.1. The van der Waals surface area contributed by atoms with E-state index in [1.165, 1.54) is 0 Å². The summed E-state index contributed by atoms with van der Waals surface area (Å²) in [6.45, 7) is 4.67. The van der Waals surface area contributed by atoms with E-state index in [2.05, 4.69) is 15.5 Å². The molecule has 6 nitrogen and oxygen atoms in total. The molecule has 0 spiro atoms. The number of rotatable bonds is 7. The first kappa shape index (κ1) is 20.3. The third kappa shape index (κ3) is 4.98. The van der Waals surface area contributed by atoms with Gasteiger partial charge in [-0.1, -0.05) is 30.7 Å². The molecule has 1 N–H and O–H groups in total. The van der Waals surface area contributed by atoms with Gasteiger partial charge in [0, 0.05) is 22.4 Å². The zero-order valence-corrected chi connectivity index (χ0v) is 17.5. The van der Waals surface area contributed by atoms with Crippen molar-refractivity contribution in [1.29, 1.82) is 0 Å². The number of nitrogens with zero attached hydrogens (tertiary/aromatic N) is 2. The molecule has 0 atom stereocenters. The van der Waals surface area contributed by atoms with E-state index >= 15 is 0 Å². The van der Waals surface area contributed by atoms with Crippen LogP contribution in [0.1, 0.15) is 29.3 Å². The van der Waals surface area contributed by atoms with Gasteiger partial charge in [0.05, 0.1) is 6.61 Å². The largest absolute Gasteiger partial charge is 0.494 e. The zero-order chi connectivity index (χ0) is 21.6. The predicted molar refractivity (Wildman–Crippen MR) is 120 cm³/mol. The summed E-state index contributed by atoms with van der Waals surface area (Å²) in [5, 5.41) is 11.2. The second-order valence-corrected chi connectivity index (χ2v) is 7.19. The van der Waals surface area contributed by atoms with Crippen molar-refractivity contribution >= 4 is 11.6 Å². The Morgan fingerprint density at radius 3 is 2.42 bits per heavy atom. The molecule has 1 heterocycles. The standard InChI is InChI=1S/C25H23N3O3/c1-3-14-30-22-9-5-7-19(16-22)23(29)26-21-12-10-18(11-13-21)24-27-28-25(31-24)20-8-4-6-17(2)15-20/h4-13,15-16H,3,14H2,1-2H3,(H,26,29). The molecule has 1 aromatic heterocycles. The number of carbonyl (C=O) groups excluding carboxylic acids is 1.